The zero-order chi connectivity index (χ0) is 14.4. The van der Waals surface area contributed by atoms with Crippen molar-refractivity contribution in [1.29, 1.82) is 0 Å². The van der Waals surface area contributed by atoms with Crippen LogP contribution in [0.2, 0.25) is 0 Å². The summed E-state index contributed by atoms with van der Waals surface area (Å²) in [7, 11) is 0. The lowest BCUT2D eigenvalue weighted by molar-refractivity contribution is -0.123. The number of hydrogen-bond donors (Lipinski definition) is 3. The van der Waals surface area contributed by atoms with Crippen molar-refractivity contribution < 1.29 is 9.59 Å². The molecule has 2 amide bonds. The Balaban J connectivity index is 1.67. The van der Waals surface area contributed by atoms with Gasteiger partial charge in [-0.05, 0) is 49.8 Å². The fourth-order valence-corrected chi connectivity index (χ4v) is 2.84. The molecule has 0 spiro atoms. The minimum atomic E-state index is -0.282. The summed E-state index contributed by atoms with van der Waals surface area (Å²) in [5.41, 5.74) is 10.5. The summed E-state index contributed by atoms with van der Waals surface area (Å²) in [5, 5.41) is 1.82. The summed E-state index contributed by atoms with van der Waals surface area (Å²) >= 11 is 1.34. The predicted molar refractivity (Wildman–Crippen MR) is 78.1 cm³/mol. The molecule has 1 aromatic rings. The van der Waals surface area contributed by atoms with E-state index in [9.17, 15) is 9.59 Å². The van der Waals surface area contributed by atoms with Crippen molar-refractivity contribution in [3.8, 4) is 0 Å². The number of nitrogens with two attached hydrogens (primary N) is 1. The van der Waals surface area contributed by atoms with Crippen LogP contribution in [0.25, 0.3) is 0 Å². The molecular formula is C13H20N4O2S. The first-order valence-corrected chi connectivity index (χ1v) is 7.62. The SMILES string of the molecule is NCC1CCN(CC(=O)NNC(=O)c2cccs2)CC1. The van der Waals surface area contributed by atoms with Gasteiger partial charge in [0.25, 0.3) is 11.8 Å². The van der Waals surface area contributed by atoms with Gasteiger partial charge in [-0.3, -0.25) is 25.3 Å². The second kappa shape index (κ2) is 7.37. The maximum Gasteiger partial charge on any atom is 0.279 e. The number of hydrazine groups is 1. The van der Waals surface area contributed by atoms with Gasteiger partial charge in [-0.15, -0.1) is 11.3 Å². The van der Waals surface area contributed by atoms with Crippen molar-refractivity contribution in [2.45, 2.75) is 12.8 Å². The number of likely N-dealkylation sites (tertiary alicyclic amines) is 1. The molecule has 0 atom stereocenters. The van der Waals surface area contributed by atoms with Crippen molar-refractivity contribution in [1.82, 2.24) is 15.8 Å². The molecule has 0 bridgehead atoms. The van der Waals surface area contributed by atoms with Crippen molar-refractivity contribution in [2.24, 2.45) is 11.7 Å². The van der Waals surface area contributed by atoms with E-state index in [0.717, 1.165) is 32.5 Å². The third kappa shape index (κ3) is 4.29. The third-order valence-electron chi connectivity index (χ3n) is 3.47. The topological polar surface area (TPSA) is 87.5 Å². The number of hydrogen-bond acceptors (Lipinski definition) is 5. The van der Waals surface area contributed by atoms with E-state index < -0.39 is 0 Å². The molecule has 0 unspecified atom stereocenters. The quantitative estimate of drug-likeness (QED) is 0.692. The van der Waals surface area contributed by atoms with E-state index in [2.05, 4.69) is 15.8 Å². The molecule has 0 saturated carbocycles. The van der Waals surface area contributed by atoms with Gasteiger partial charge in [0, 0.05) is 0 Å². The van der Waals surface area contributed by atoms with Crippen molar-refractivity contribution in [2.75, 3.05) is 26.2 Å². The standard InChI is InChI=1S/C13H20N4O2S/c14-8-10-3-5-17(6-4-10)9-12(18)15-16-13(19)11-2-1-7-20-11/h1-2,7,10H,3-6,8-9,14H2,(H,15,18)(H,16,19). The highest BCUT2D eigenvalue weighted by molar-refractivity contribution is 7.12. The Morgan fingerprint density at radius 1 is 1.35 bits per heavy atom. The summed E-state index contributed by atoms with van der Waals surface area (Å²) in [6.07, 6.45) is 2.07. The molecule has 0 aromatic carbocycles. The first kappa shape index (κ1) is 15.0. The molecule has 7 heteroatoms. The smallest absolute Gasteiger partial charge is 0.279 e. The molecule has 1 aromatic heterocycles. The first-order chi connectivity index (χ1) is 9.69. The zero-order valence-corrected chi connectivity index (χ0v) is 12.1. The van der Waals surface area contributed by atoms with Crippen LogP contribution in [-0.4, -0.2) is 42.9 Å². The number of nitrogens with one attached hydrogen (secondary N) is 2. The van der Waals surface area contributed by atoms with Gasteiger partial charge in [0.1, 0.15) is 0 Å². The molecule has 0 radical (unpaired) electrons. The molecule has 2 rings (SSSR count). The van der Waals surface area contributed by atoms with Crippen molar-refractivity contribution >= 4 is 23.2 Å². The highest BCUT2D eigenvalue weighted by Gasteiger charge is 2.19. The number of piperidine rings is 1. The number of carbonyl (C=O) groups is 2. The molecule has 4 N–H and O–H groups in total. The average molecular weight is 296 g/mol. The number of carbonyl (C=O) groups excluding carboxylic acids is 2. The third-order valence-corrected chi connectivity index (χ3v) is 4.34. The van der Waals surface area contributed by atoms with E-state index in [1.165, 1.54) is 11.3 Å². The second-order valence-corrected chi connectivity index (χ2v) is 5.88. The Labute approximate surface area is 122 Å². The van der Waals surface area contributed by atoms with Crippen LogP contribution in [0.15, 0.2) is 17.5 Å². The van der Waals surface area contributed by atoms with E-state index >= 15 is 0 Å². The molecular weight excluding hydrogens is 276 g/mol. The lowest BCUT2D eigenvalue weighted by Crippen LogP contribution is -2.48. The minimum absolute atomic E-state index is 0.193. The summed E-state index contributed by atoms with van der Waals surface area (Å²) in [6, 6.07) is 3.51. The van der Waals surface area contributed by atoms with Crippen LogP contribution in [0, 0.1) is 5.92 Å². The van der Waals surface area contributed by atoms with Gasteiger partial charge in [0.05, 0.1) is 11.4 Å². The van der Waals surface area contributed by atoms with Crippen LogP contribution >= 0.6 is 11.3 Å². The maximum absolute atomic E-state index is 11.7. The van der Waals surface area contributed by atoms with Crippen LogP contribution in [0.1, 0.15) is 22.5 Å². The highest BCUT2D eigenvalue weighted by Crippen LogP contribution is 2.15. The van der Waals surface area contributed by atoms with Crippen LogP contribution in [0.4, 0.5) is 0 Å². The Morgan fingerprint density at radius 2 is 2.10 bits per heavy atom. The van der Waals surface area contributed by atoms with E-state index in [4.69, 9.17) is 5.73 Å². The number of rotatable bonds is 4. The van der Waals surface area contributed by atoms with Crippen LogP contribution in [0.3, 0.4) is 0 Å². The monoisotopic (exact) mass is 296 g/mol. The summed E-state index contributed by atoms with van der Waals surface area (Å²) in [6.45, 7) is 2.79. The molecule has 1 fully saturated rings. The minimum Gasteiger partial charge on any atom is -0.330 e. The van der Waals surface area contributed by atoms with E-state index in [1.807, 2.05) is 5.38 Å². The predicted octanol–water partition coefficient (Wildman–Crippen LogP) is 0.180. The van der Waals surface area contributed by atoms with Gasteiger partial charge in [-0.2, -0.15) is 0 Å². The van der Waals surface area contributed by atoms with Gasteiger partial charge in [-0.1, -0.05) is 6.07 Å². The molecule has 1 aliphatic rings. The maximum atomic E-state index is 11.7. The van der Waals surface area contributed by atoms with Gasteiger partial charge >= 0.3 is 0 Å². The van der Waals surface area contributed by atoms with Crippen molar-refractivity contribution in [3.63, 3.8) is 0 Å². The van der Waals surface area contributed by atoms with Gasteiger partial charge in [0.2, 0.25) is 0 Å². The summed E-state index contributed by atoms with van der Waals surface area (Å²) < 4.78 is 0. The highest BCUT2D eigenvalue weighted by atomic mass is 32.1. The van der Waals surface area contributed by atoms with Crippen LogP contribution in [-0.2, 0) is 4.79 Å². The lowest BCUT2D eigenvalue weighted by Gasteiger charge is -2.30. The summed E-state index contributed by atoms with van der Waals surface area (Å²) in [4.78, 5) is 26.0. The number of nitrogens with zero attached hydrogens (tertiary/aromatic N) is 1. The number of amides is 2. The zero-order valence-electron chi connectivity index (χ0n) is 11.3. The molecule has 20 heavy (non-hydrogen) atoms. The van der Waals surface area contributed by atoms with E-state index in [1.54, 1.807) is 12.1 Å². The fourth-order valence-electron chi connectivity index (χ4n) is 2.22. The van der Waals surface area contributed by atoms with Gasteiger partial charge in [0.15, 0.2) is 0 Å². The average Bonchev–Trinajstić information content (AvgIpc) is 3.00. The molecule has 1 saturated heterocycles. The Kier molecular flexibility index (Phi) is 5.51. The van der Waals surface area contributed by atoms with Gasteiger partial charge < -0.3 is 5.73 Å². The largest absolute Gasteiger partial charge is 0.330 e. The first-order valence-electron chi connectivity index (χ1n) is 6.74. The second-order valence-electron chi connectivity index (χ2n) is 4.93. The molecule has 2 heterocycles. The number of thiophene rings is 1. The van der Waals surface area contributed by atoms with Gasteiger partial charge in [-0.25, -0.2) is 0 Å². The normalized spacial score (nSPS) is 16.9. The summed E-state index contributed by atoms with van der Waals surface area (Å²) in [5.74, 6) is 0.101. The van der Waals surface area contributed by atoms with Crippen molar-refractivity contribution in [3.05, 3.63) is 22.4 Å². The van der Waals surface area contributed by atoms with Crippen LogP contribution < -0.4 is 16.6 Å². The Morgan fingerprint density at radius 3 is 2.70 bits per heavy atom. The molecule has 0 aliphatic carbocycles. The molecule has 110 valence electrons. The van der Waals surface area contributed by atoms with E-state index in [-0.39, 0.29) is 11.8 Å². The van der Waals surface area contributed by atoms with E-state index in [0.29, 0.717) is 17.3 Å². The lowest BCUT2D eigenvalue weighted by atomic mass is 9.97. The Hall–Kier alpha value is -1.44. The Bertz CT molecular complexity index is 441. The molecule has 1 aliphatic heterocycles. The fraction of sp³-hybridized carbons (Fsp3) is 0.538. The van der Waals surface area contributed by atoms with Crippen LogP contribution in [0.5, 0.6) is 0 Å². The molecule has 6 nitrogen and oxygen atoms in total.